The maximum Gasteiger partial charge on any atom is 0.409 e. The summed E-state index contributed by atoms with van der Waals surface area (Å²) >= 11 is 1.22. The monoisotopic (exact) mass is 604 g/mol. The van der Waals surface area contributed by atoms with Crippen LogP contribution < -0.4 is 16.0 Å². The lowest BCUT2D eigenvalue weighted by molar-refractivity contribution is -0.114. The number of aromatic nitrogens is 2. The van der Waals surface area contributed by atoms with E-state index in [1.54, 1.807) is 23.6 Å². The van der Waals surface area contributed by atoms with Crippen LogP contribution in [0.1, 0.15) is 23.5 Å². The standard InChI is InChI=1S/C31H30F2N6O3S/c1-38(30(41)42-16-23-21-9-4-2-7-19(21)20-8-3-5-10-22(20)23)26-13-14-39(18-31(26,32)33)27-12-6-11-24(35-27)25-17-43-29(36-25)37-28(40)15-34/h2-12,17,23,26H,13-16,18,34H2,1H3,(H,36,37,40). The Balaban J connectivity index is 1.10. The first-order valence-electron chi connectivity index (χ1n) is 13.9. The number of piperidine rings is 1. The van der Waals surface area contributed by atoms with Gasteiger partial charge in [0.25, 0.3) is 5.92 Å². The van der Waals surface area contributed by atoms with Crippen molar-refractivity contribution in [2.45, 2.75) is 24.3 Å². The maximum atomic E-state index is 15.6. The van der Waals surface area contributed by atoms with Gasteiger partial charge in [0.2, 0.25) is 5.91 Å². The molecule has 1 aliphatic heterocycles. The minimum Gasteiger partial charge on any atom is -0.448 e. The molecule has 3 N–H and O–H groups in total. The Labute approximate surface area is 251 Å². The summed E-state index contributed by atoms with van der Waals surface area (Å²) in [5, 5.41) is 4.69. The lowest BCUT2D eigenvalue weighted by atomic mass is 9.98. The van der Waals surface area contributed by atoms with Gasteiger partial charge in [0, 0.05) is 24.9 Å². The molecule has 0 saturated carbocycles. The molecular formula is C31H30F2N6O3S. The second-order valence-electron chi connectivity index (χ2n) is 10.6. The summed E-state index contributed by atoms with van der Waals surface area (Å²) in [5.41, 5.74) is 10.6. The van der Waals surface area contributed by atoms with Crippen molar-refractivity contribution in [3.8, 4) is 22.5 Å². The number of pyridine rings is 1. The van der Waals surface area contributed by atoms with Crippen molar-refractivity contribution in [1.82, 2.24) is 14.9 Å². The van der Waals surface area contributed by atoms with Crippen LogP contribution in [-0.4, -0.2) is 72.1 Å². The first-order chi connectivity index (χ1) is 20.7. The van der Waals surface area contributed by atoms with E-state index in [2.05, 4.69) is 15.3 Å². The van der Waals surface area contributed by atoms with Gasteiger partial charge in [0.05, 0.1) is 18.8 Å². The number of nitrogens with one attached hydrogen (secondary N) is 1. The Morgan fingerprint density at radius 2 is 1.74 bits per heavy atom. The number of carbonyl (C=O) groups excluding carboxylic acids is 2. The van der Waals surface area contributed by atoms with Gasteiger partial charge in [-0.15, -0.1) is 11.3 Å². The van der Waals surface area contributed by atoms with Crippen LogP contribution in [0.4, 0.5) is 24.5 Å². The Bertz CT molecular complexity index is 1620. The summed E-state index contributed by atoms with van der Waals surface area (Å²) < 4.78 is 36.8. The summed E-state index contributed by atoms with van der Waals surface area (Å²) in [6.45, 7) is -0.438. The fourth-order valence-electron chi connectivity index (χ4n) is 5.78. The van der Waals surface area contributed by atoms with E-state index >= 15 is 8.78 Å². The van der Waals surface area contributed by atoms with Gasteiger partial charge in [-0.05, 0) is 40.8 Å². The van der Waals surface area contributed by atoms with E-state index in [0.717, 1.165) is 27.2 Å². The van der Waals surface area contributed by atoms with Gasteiger partial charge in [0.15, 0.2) is 5.13 Å². The van der Waals surface area contributed by atoms with Crippen molar-refractivity contribution in [3.05, 3.63) is 83.2 Å². The van der Waals surface area contributed by atoms with E-state index in [-0.39, 0.29) is 37.9 Å². The topological polar surface area (TPSA) is 114 Å². The van der Waals surface area contributed by atoms with Gasteiger partial charge in [-0.25, -0.2) is 23.5 Å². The van der Waals surface area contributed by atoms with Crippen LogP contribution in [0.5, 0.6) is 0 Å². The van der Waals surface area contributed by atoms with Gasteiger partial charge in [-0.3, -0.25) is 4.79 Å². The van der Waals surface area contributed by atoms with Crippen molar-refractivity contribution in [1.29, 1.82) is 0 Å². The molecule has 2 aromatic heterocycles. The Hall–Kier alpha value is -4.42. The number of ether oxygens (including phenoxy) is 1. The van der Waals surface area contributed by atoms with Gasteiger partial charge in [-0.1, -0.05) is 54.6 Å². The number of benzene rings is 2. The molecule has 1 atom stereocenters. The third-order valence-corrected chi connectivity index (χ3v) is 8.67. The maximum absolute atomic E-state index is 15.6. The van der Waals surface area contributed by atoms with E-state index in [0.29, 0.717) is 22.3 Å². The van der Waals surface area contributed by atoms with E-state index in [9.17, 15) is 9.59 Å². The highest BCUT2D eigenvalue weighted by Gasteiger charge is 2.48. The summed E-state index contributed by atoms with van der Waals surface area (Å²) in [6.07, 6.45) is -0.743. The van der Waals surface area contributed by atoms with Crippen LogP contribution in [0.15, 0.2) is 72.1 Å². The van der Waals surface area contributed by atoms with Crippen molar-refractivity contribution in [2.75, 3.05) is 43.5 Å². The molecule has 43 heavy (non-hydrogen) atoms. The van der Waals surface area contributed by atoms with Crippen LogP contribution in [0.25, 0.3) is 22.5 Å². The number of carbonyl (C=O) groups is 2. The third kappa shape index (κ3) is 5.67. The quantitative estimate of drug-likeness (QED) is 0.298. The smallest absolute Gasteiger partial charge is 0.409 e. The summed E-state index contributed by atoms with van der Waals surface area (Å²) in [7, 11) is 1.37. The number of nitrogens with zero attached hydrogens (tertiary/aromatic N) is 4. The molecule has 0 radical (unpaired) electrons. The second kappa shape index (κ2) is 11.7. The molecule has 12 heteroatoms. The molecule has 2 aliphatic rings. The number of halogens is 2. The zero-order valence-corrected chi connectivity index (χ0v) is 24.2. The molecule has 1 aliphatic carbocycles. The first-order valence-corrected chi connectivity index (χ1v) is 14.8. The molecule has 2 amide bonds. The number of alkyl halides is 2. The largest absolute Gasteiger partial charge is 0.448 e. The lowest BCUT2D eigenvalue weighted by Crippen LogP contribution is -2.59. The van der Waals surface area contributed by atoms with Crippen LogP contribution >= 0.6 is 11.3 Å². The van der Waals surface area contributed by atoms with Crippen molar-refractivity contribution < 1.29 is 23.1 Å². The third-order valence-electron chi connectivity index (χ3n) is 7.91. The molecule has 0 spiro atoms. The number of anilines is 2. The van der Waals surface area contributed by atoms with Gasteiger partial charge >= 0.3 is 6.09 Å². The normalized spacial score (nSPS) is 17.2. The van der Waals surface area contributed by atoms with Gasteiger partial charge in [-0.2, -0.15) is 0 Å². The Morgan fingerprint density at radius 1 is 1.05 bits per heavy atom. The van der Waals surface area contributed by atoms with Crippen molar-refractivity contribution >= 4 is 34.3 Å². The highest BCUT2D eigenvalue weighted by atomic mass is 32.1. The lowest BCUT2D eigenvalue weighted by Gasteiger charge is -2.42. The number of rotatable bonds is 7. The zero-order valence-electron chi connectivity index (χ0n) is 23.4. The van der Waals surface area contributed by atoms with Crippen molar-refractivity contribution in [2.24, 2.45) is 5.73 Å². The minimum absolute atomic E-state index is 0.0333. The molecular weight excluding hydrogens is 574 g/mol. The van der Waals surface area contributed by atoms with Crippen LogP contribution in [0.3, 0.4) is 0 Å². The van der Waals surface area contributed by atoms with Crippen LogP contribution in [0.2, 0.25) is 0 Å². The zero-order chi connectivity index (χ0) is 30.1. The van der Waals surface area contributed by atoms with Crippen LogP contribution in [0, 0.1) is 0 Å². The van der Waals surface area contributed by atoms with Crippen molar-refractivity contribution in [3.63, 3.8) is 0 Å². The highest BCUT2D eigenvalue weighted by molar-refractivity contribution is 7.14. The summed E-state index contributed by atoms with van der Waals surface area (Å²) in [5.74, 6) is -3.36. The van der Waals surface area contributed by atoms with E-state index in [4.69, 9.17) is 10.5 Å². The SMILES string of the molecule is CN(C(=O)OCC1c2ccccc2-c2ccccc21)C1CCN(c2cccc(-c3csc(NC(=O)CN)n3)n2)CC1(F)F. The summed E-state index contributed by atoms with van der Waals surface area (Å²) in [6, 6.07) is 19.7. The van der Waals surface area contributed by atoms with Crippen LogP contribution in [-0.2, 0) is 9.53 Å². The molecule has 3 heterocycles. The number of hydrogen-bond acceptors (Lipinski definition) is 8. The highest BCUT2D eigenvalue weighted by Crippen LogP contribution is 2.44. The average molecular weight is 605 g/mol. The molecule has 1 fully saturated rings. The number of thiazole rings is 1. The number of hydrogen-bond donors (Lipinski definition) is 2. The predicted octanol–water partition coefficient (Wildman–Crippen LogP) is 5.20. The van der Waals surface area contributed by atoms with Gasteiger partial charge < -0.3 is 25.6 Å². The fraction of sp³-hybridized carbons (Fsp3) is 0.290. The predicted molar refractivity (Wildman–Crippen MR) is 161 cm³/mol. The first kappa shape index (κ1) is 28.7. The molecule has 2 aromatic carbocycles. The molecule has 9 nitrogen and oxygen atoms in total. The summed E-state index contributed by atoms with van der Waals surface area (Å²) in [4.78, 5) is 36.1. The average Bonchev–Trinajstić information content (AvgIpc) is 3.61. The molecule has 1 saturated heterocycles. The minimum atomic E-state index is -3.21. The fourth-order valence-corrected chi connectivity index (χ4v) is 6.51. The van der Waals surface area contributed by atoms with E-state index in [1.165, 1.54) is 23.3 Å². The molecule has 0 bridgehead atoms. The van der Waals surface area contributed by atoms with Gasteiger partial charge in [0.1, 0.15) is 24.2 Å². The Morgan fingerprint density at radius 3 is 2.42 bits per heavy atom. The number of amides is 2. The van der Waals surface area contributed by atoms with E-state index < -0.39 is 24.6 Å². The number of fused-ring (bicyclic) bond motifs is 3. The second-order valence-corrected chi connectivity index (χ2v) is 11.4. The molecule has 1 unspecified atom stereocenters. The molecule has 4 aromatic rings. The Kier molecular flexibility index (Phi) is 7.80. The molecule has 222 valence electrons. The number of nitrogens with two attached hydrogens (primary N) is 1. The molecule has 6 rings (SSSR count). The van der Waals surface area contributed by atoms with E-state index in [1.807, 2.05) is 48.5 Å².